The molecule has 36 heavy (non-hydrogen) atoms. The van der Waals surface area contributed by atoms with Gasteiger partial charge in [-0.05, 0) is 48.2 Å². The number of hydrogen-bond acceptors (Lipinski definition) is 5. The largest absolute Gasteiger partial charge is 0.493 e. The SMILES string of the molecule is CCc1cccc(CC)c1NC(=O)C(=O)N/N=C\c1cccc(OC)c1OCc1c(F)cccc1Cl. The lowest BCUT2D eigenvalue weighted by molar-refractivity contribution is -0.136. The molecule has 3 aromatic rings. The van der Waals surface area contributed by atoms with Crippen molar-refractivity contribution in [3.05, 3.63) is 87.7 Å². The van der Waals surface area contributed by atoms with Gasteiger partial charge in [-0.25, -0.2) is 9.82 Å². The van der Waals surface area contributed by atoms with Gasteiger partial charge in [-0.1, -0.05) is 55.8 Å². The first-order valence-electron chi connectivity index (χ1n) is 11.4. The Balaban J connectivity index is 1.72. The molecule has 0 saturated heterocycles. The van der Waals surface area contributed by atoms with Gasteiger partial charge in [0.15, 0.2) is 11.5 Å². The second-order valence-electron chi connectivity index (χ2n) is 7.68. The number of hydrogen-bond donors (Lipinski definition) is 2. The van der Waals surface area contributed by atoms with Gasteiger partial charge in [0.25, 0.3) is 0 Å². The Bertz CT molecular complexity index is 1240. The summed E-state index contributed by atoms with van der Waals surface area (Å²) in [6.07, 6.45) is 2.73. The zero-order valence-electron chi connectivity index (χ0n) is 20.2. The minimum atomic E-state index is -0.928. The molecule has 0 aliphatic rings. The fourth-order valence-corrected chi connectivity index (χ4v) is 3.77. The first-order chi connectivity index (χ1) is 17.4. The summed E-state index contributed by atoms with van der Waals surface area (Å²) in [5.41, 5.74) is 5.37. The lowest BCUT2D eigenvalue weighted by Crippen LogP contribution is -2.33. The zero-order valence-corrected chi connectivity index (χ0v) is 21.0. The van der Waals surface area contributed by atoms with E-state index in [1.807, 2.05) is 32.0 Å². The molecule has 0 atom stereocenters. The number of amides is 2. The summed E-state index contributed by atoms with van der Waals surface area (Å²) in [6.45, 7) is 3.80. The van der Waals surface area contributed by atoms with Gasteiger partial charge in [-0.15, -0.1) is 0 Å². The van der Waals surface area contributed by atoms with Gasteiger partial charge in [0.2, 0.25) is 0 Å². The van der Waals surface area contributed by atoms with Crippen LogP contribution in [-0.4, -0.2) is 25.1 Å². The Kier molecular flexibility index (Phi) is 9.41. The maximum atomic E-state index is 14.1. The van der Waals surface area contributed by atoms with Crippen molar-refractivity contribution >= 4 is 35.3 Å². The monoisotopic (exact) mass is 511 g/mol. The van der Waals surface area contributed by atoms with E-state index in [-0.39, 0.29) is 22.9 Å². The summed E-state index contributed by atoms with van der Waals surface area (Å²) >= 11 is 6.09. The molecule has 0 unspecified atom stereocenters. The van der Waals surface area contributed by atoms with Gasteiger partial charge in [0.1, 0.15) is 12.4 Å². The Hall–Kier alpha value is -3.91. The molecule has 0 aromatic heterocycles. The highest BCUT2D eigenvalue weighted by atomic mass is 35.5. The number of ether oxygens (including phenoxy) is 2. The van der Waals surface area contributed by atoms with Crippen LogP contribution in [0.15, 0.2) is 59.7 Å². The fourth-order valence-electron chi connectivity index (χ4n) is 3.55. The number of carbonyl (C=O) groups excluding carboxylic acids is 2. The van der Waals surface area contributed by atoms with Crippen LogP contribution in [-0.2, 0) is 29.0 Å². The maximum absolute atomic E-state index is 14.1. The van der Waals surface area contributed by atoms with Crippen LogP contribution in [0.5, 0.6) is 11.5 Å². The lowest BCUT2D eigenvalue weighted by atomic mass is 10.0. The molecule has 3 rings (SSSR count). The number of carbonyl (C=O) groups is 2. The van der Waals surface area contributed by atoms with Crippen LogP contribution >= 0.6 is 11.6 Å². The first kappa shape index (κ1) is 26.7. The highest BCUT2D eigenvalue weighted by Crippen LogP contribution is 2.32. The minimum absolute atomic E-state index is 0.155. The van der Waals surface area contributed by atoms with Gasteiger partial charge >= 0.3 is 11.8 Å². The summed E-state index contributed by atoms with van der Waals surface area (Å²) in [7, 11) is 1.46. The van der Waals surface area contributed by atoms with E-state index in [2.05, 4.69) is 15.8 Å². The van der Waals surface area contributed by atoms with Crippen molar-refractivity contribution < 1.29 is 23.5 Å². The molecule has 3 aromatic carbocycles. The second kappa shape index (κ2) is 12.7. The number of aryl methyl sites for hydroxylation is 2. The predicted molar refractivity (Wildman–Crippen MR) is 138 cm³/mol. The van der Waals surface area contributed by atoms with Crippen molar-refractivity contribution in [3.63, 3.8) is 0 Å². The summed E-state index contributed by atoms with van der Waals surface area (Å²) in [4.78, 5) is 24.9. The fraction of sp³-hybridized carbons (Fsp3) is 0.222. The van der Waals surface area contributed by atoms with Crippen molar-refractivity contribution in [2.75, 3.05) is 12.4 Å². The molecule has 0 aliphatic carbocycles. The third-order valence-electron chi connectivity index (χ3n) is 5.47. The summed E-state index contributed by atoms with van der Waals surface area (Å²) in [6, 6.07) is 15.1. The molecule has 2 amide bonds. The number of methoxy groups -OCH3 is 1. The van der Waals surface area contributed by atoms with Gasteiger partial charge < -0.3 is 14.8 Å². The van der Waals surface area contributed by atoms with Crippen LogP contribution < -0.4 is 20.2 Å². The molecule has 0 bridgehead atoms. The molecule has 0 aliphatic heterocycles. The van der Waals surface area contributed by atoms with E-state index in [4.69, 9.17) is 21.1 Å². The maximum Gasteiger partial charge on any atom is 0.329 e. The van der Waals surface area contributed by atoms with Gasteiger partial charge in [-0.3, -0.25) is 9.59 Å². The standard InChI is InChI=1S/C27H27ClFN3O4/c1-4-17-9-6-10-18(5-2)24(17)31-26(33)27(34)32-30-15-19-11-7-14-23(35-3)25(19)36-16-20-21(28)12-8-13-22(20)29/h6-15H,4-5,16H2,1-3H3,(H,31,33)(H,32,34)/b30-15-. The van der Waals surface area contributed by atoms with Crippen molar-refractivity contribution in [2.45, 2.75) is 33.3 Å². The van der Waals surface area contributed by atoms with Gasteiger partial charge in [0.05, 0.1) is 18.3 Å². The lowest BCUT2D eigenvalue weighted by Gasteiger charge is -2.14. The minimum Gasteiger partial charge on any atom is -0.493 e. The van der Waals surface area contributed by atoms with Crippen molar-refractivity contribution in [3.8, 4) is 11.5 Å². The number of nitrogens with zero attached hydrogens (tertiary/aromatic N) is 1. The van der Waals surface area contributed by atoms with Crippen LogP contribution in [0.3, 0.4) is 0 Å². The zero-order chi connectivity index (χ0) is 26.1. The molecule has 0 heterocycles. The Morgan fingerprint density at radius 2 is 1.67 bits per heavy atom. The first-order valence-corrected chi connectivity index (χ1v) is 11.7. The Morgan fingerprint density at radius 3 is 2.31 bits per heavy atom. The molecule has 0 fully saturated rings. The highest BCUT2D eigenvalue weighted by Gasteiger charge is 2.17. The molecule has 188 valence electrons. The van der Waals surface area contributed by atoms with Crippen LogP contribution in [0, 0.1) is 5.82 Å². The predicted octanol–water partition coefficient (Wildman–Crippen LogP) is 5.28. The van der Waals surface area contributed by atoms with Crippen LogP contribution in [0.1, 0.15) is 36.1 Å². The van der Waals surface area contributed by atoms with E-state index in [1.165, 1.54) is 25.5 Å². The molecule has 7 nitrogen and oxygen atoms in total. The number of halogens is 2. The number of para-hydroxylation sites is 2. The third kappa shape index (κ3) is 6.40. The average molecular weight is 512 g/mol. The topological polar surface area (TPSA) is 89.0 Å². The second-order valence-corrected chi connectivity index (χ2v) is 8.09. The van der Waals surface area contributed by atoms with Crippen molar-refractivity contribution in [1.29, 1.82) is 0 Å². The van der Waals surface area contributed by atoms with Crippen LogP contribution in [0.25, 0.3) is 0 Å². The summed E-state index contributed by atoms with van der Waals surface area (Å²) < 4.78 is 25.3. The van der Waals surface area contributed by atoms with E-state index >= 15 is 0 Å². The molecular formula is C27H27ClFN3O4. The van der Waals surface area contributed by atoms with E-state index in [1.54, 1.807) is 24.3 Å². The Labute approximate surface area is 214 Å². The van der Waals surface area contributed by atoms with Crippen molar-refractivity contribution in [1.82, 2.24) is 5.43 Å². The summed E-state index contributed by atoms with van der Waals surface area (Å²) in [5.74, 6) is -1.62. The van der Waals surface area contributed by atoms with Crippen LogP contribution in [0.4, 0.5) is 10.1 Å². The molecule has 2 N–H and O–H groups in total. The molecule has 0 spiro atoms. The molecule has 0 saturated carbocycles. The van der Waals surface area contributed by atoms with E-state index < -0.39 is 17.6 Å². The average Bonchev–Trinajstić information content (AvgIpc) is 2.88. The number of rotatable bonds is 9. The number of nitrogens with one attached hydrogen (secondary N) is 2. The quantitative estimate of drug-likeness (QED) is 0.232. The number of hydrazone groups is 1. The number of benzene rings is 3. The molecule has 9 heteroatoms. The van der Waals surface area contributed by atoms with E-state index in [0.29, 0.717) is 29.8 Å². The van der Waals surface area contributed by atoms with E-state index in [0.717, 1.165) is 11.1 Å². The Morgan fingerprint density at radius 1 is 1.00 bits per heavy atom. The van der Waals surface area contributed by atoms with Gasteiger partial charge in [-0.2, -0.15) is 5.10 Å². The summed E-state index contributed by atoms with van der Waals surface area (Å²) in [5, 5.41) is 6.82. The van der Waals surface area contributed by atoms with Crippen molar-refractivity contribution in [2.24, 2.45) is 5.10 Å². The highest BCUT2D eigenvalue weighted by molar-refractivity contribution is 6.39. The smallest absolute Gasteiger partial charge is 0.329 e. The third-order valence-corrected chi connectivity index (χ3v) is 5.82. The molecular weight excluding hydrogens is 485 g/mol. The van der Waals surface area contributed by atoms with Crippen LogP contribution in [0.2, 0.25) is 5.02 Å². The van der Waals surface area contributed by atoms with Gasteiger partial charge in [0, 0.05) is 16.8 Å². The molecule has 0 radical (unpaired) electrons. The normalized spacial score (nSPS) is 10.8. The van der Waals surface area contributed by atoms with E-state index in [9.17, 15) is 14.0 Å². The number of anilines is 1.